The van der Waals surface area contributed by atoms with Crippen LogP contribution in [0.4, 0.5) is 17.3 Å². The summed E-state index contributed by atoms with van der Waals surface area (Å²) in [5.74, 6) is 2.05. The fourth-order valence-electron chi connectivity index (χ4n) is 1.67. The minimum absolute atomic E-state index is 0.380. The van der Waals surface area contributed by atoms with Crippen LogP contribution in [0, 0.1) is 0 Å². The van der Waals surface area contributed by atoms with Gasteiger partial charge in [0.05, 0.1) is 5.02 Å². The second-order valence-electron chi connectivity index (χ2n) is 4.20. The molecule has 0 aliphatic heterocycles. The predicted molar refractivity (Wildman–Crippen MR) is 89.3 cm³/mol. The van der Waals surface area contributed by atoms with Gasteiger partial charge in [-0.3, -0.25) is 0 Å². The molecule has 0 saturated carbocycles. The molecule has 112 valence electrons. The van der Waals surface area contributed by atoms with Gasteiger partial charge in [0.2, 0.25) is 0 Å². The van der Waals surface area contributed by atoms with E-state index in [9.17, 15) is 0 Å². The Kier molecular flexibility index (Phi) is 5.78. The van der Waals surface area contributed by atoms with Gasteiger partial charge < -0.3 is 15.4 Å². The lowest BCUT2D eigenvalue weighted by Gasteiger charge is -2.10. The molecule has 2 aromatic rings. The van der Waals surface area contributed by atoms with Crippen LogP contribution < -0.4 is 10.6 Å². The fraction of sp³-hybridized carbons (Fsp3) is 0.286. The first-order chi connectivity index (χ1) is 10.1. The minimum Gasteiger partial charge on any atom is -0.374 e. The molecule has 1 heterocycles. The van der Waals surface area contributed by atoms with Gasteiger partial charge in [0.1, 0.15) is 18.2 Å². The Labute approximate surface area is 137 Å². The number of aromatic nitrogens is 2. The average Bonchev–Trinajstić information content (AvgIpc) is 2.48. The van der Waals surface area contributed by atoms with Gasteiger partial charge in [-0.15, -0.1) is 0 Å². The Morgan fingerprint density at radius 2 is 2.00 bits per heavy atom. The van der Waals surface area contributed by atoms with E-state index >= 15 is 0 Å². The molecule has 21 heavy (non-hydrogen) atoms. The SMILES string of the molecule is CCOCc1nc(NC)cc(Nc2ccc(Cl)c(Br)c2)n1. The first-order valence-corrected chi connectivity index (χ1v) is 7.65. The topological polar surface area (TPSA) is 59.1 Å². The van der Waals surface area contributed by atoms with Crippen molar-refractivity contribution in [1.29, 1.82) is 0 Å². The van der Waals surface area contributed by atoms with Crippen molar-refractivity contribution in [2.24, 2.45) is 0 Å². The third kappa shape index (κ3) is 4.56. The molecule has 7 heteroatoms. The summed E-state index contributed by atoms with van der Waals surface area (Å²) in [6.07, 6.45) is 0. The number of anilines is 3. The van der Waals surface area contributed by atoms with Crippen molar-refractivity contribution < 1.29 is 4.74 Å². The van der Waals surface area contributed by atoms with Crippen LogP contribution in [0.5, 0.6) is 0 Å². The molecule has 0 atom stereocenters. The maximum absolute atomic E-state index is 5.99. The number of halogens is 2. The molecule has 0 aliphatic carbocycles. The lowest BCUT2D eigenvalue weighted by molar-refractivity contribution is 0.128. The second-order valence-corrected chi connectivity index (χ2v) is 5.46. The summed E-state index contributed by atoms with van der Waals surface area (Å²) >= 11 is 9.39. The molecule has 0 unspecified atom stereocenters. The molecule has 0 radical (unpaired) electrons. The largest absolute Gasteiger partial charge is 0.374 e. The number of nitrogens with one attached hydrogen (secondary N) is 2. The van der Waals surface area contributed by atoms with E-state index in [1.54, 1.807) is 0 Å². The summed E-state index contributed by atoms with van der Waals surface area (Å²) in [6, 6.07) is 7.43. The van der Waals surface area contributed by atoms with Crippen LogP contribution in [0.2, 0.25) is 5.02 Å². The highest BCUT2D eigenvalue weighted by atomic mass is 79.9. The molecule has 0 spiro atoms. The molecule has 0 fully saturated rings. The van der Waals surface area contributed by atoms with Gasteiger partial charge in [0.25, 0.3) is 0 Å². The van der Waals surface area contributed by atoms with E-state index in [4.69, 9.17) is 16.3 Å². The van der Waals surface area contributed by atoms with Gasteiger partial charge in [0.15, 0.2) is 5.82 Å². The normalized spacial score (nSPS) is 10.5. The zero-order chi connectivity index (χ0) is 15.2. The molecule has 0 amide bonds. The van der Waals surface area contributed by atoms with Crippen LogP contribution in [-0.2, 0) is 11.3 Å². The summed E-state index contributed by atoms with van der Waals surface area (Å²) in [7, 11) is 1.81. The molecule has 0 bridgehead atoms. The first-order valence-electron chi connectivity index (χ1n) is 6.48. The van der Waals surface area contributed by atoms with Crippen LogP contribution in [0.15, 0.2) is 28.7 Å². The van der Waals surface area contributed by atoms with E-state index in [1.165, 1.54) is 0 Å². The van der Waals surface area contributed by atoms with Gasteiger partial charge in [-0.1, -0.05) is 11.6 Å². The van der Waals surface area contributed by atoms with Crippen molar-refractivity contribution >= 4 is 44.9 Å². The van der Waals surface area contributed by atoms with Crippen LogP contribution >= 0.6 is 27.5 Å². The highest BCUT2D eigenvalue weighted by Crippen LogP contribution is 2.27. The molecule has 1 aromatic heterocycles. The fourth-order valence-corrected chi connectivity index (χ4v) is 2.17. The maximum atomic E-state index is 5.99. The lowest BCUT2D eigenvalue weighted by atomic mass is 10.3. The summed E-state index contributed by atoms with van der Waals surface area (Å²) in [4.78, 5) is 8.78. The smallest absolute Gasteiger partial charge is 0.158 e. The zero-order valence-corrected chi connectivity index (χ0v) is 14.1. The lowest BCUT2D eigenvalue weighted by Crippen LogP contribution is -2.05. The predicted octanol–water partition coefficient (Wildman–Crippen LogP) is 4.21. The van der Waals surface area contributed by atoms with Gasteiger partial charge in [-0.05, 0) is 41.1 Å². The molecule has 2 rings (SSSR count). The Morgan fingerprint density at radius 1 is 1.24 bits per heavy atom. The molecule has 0 aliphatic rings. The second kappa shape index (κ2) is 7.59. The molecule has 1 aromatic carbocycles. The van der Waals surface area contributed by atoms with E-state index in [1.807, 2.05) is 38.2 Å². The minimum atomic E-state index is 0.380. The summed E-state index contributed by atoms with van der Waals surface area (Å²) in [6.45, 7) is 2.94. The molecular weight excluding hydrogens is 356 g/mol. The Morgan fingerprint density at radius 3 is 2.67 bits per heavy atom. The Bertz CT molecular complexity index is 624. The average molecular weight is 372 g/mol. The standard InChI is InChI=1S/C14H16BrClN4O/c1-3-21-8-14-19-12(17-2)7-13(20-14)18-9-4-5-11(16)10(15)6-9/h4-7H,3,8H2,1-2H3,(H2,17,18,19,20). The van der Waals surface area contributed by atoms with E-state index in [0.29, 0.717) is 29.9 Å². The third-order valence-electron chi connectivity index (χ3n) is 2.66. The number of benzene rings is 1. The van der Waals surface area contributed by atoms with Crippen LogP contribution in [0.3, 0.4) is 0 Å². The quantitative estimate of drug-likeness (QED) is 0.796. The number of hydrogen-bond donors (Lipinski definition) is 2. The van der Waals surface area contributed by atoms with Crippen molar-refractivity contribution in [1.82, 2.24) is 9.97 Å². The van der Waals surface area contributed by atoms with E-state index in [0.717, 1.165) is 16.0 Å². The van der Waals surface area contributed by atoms with Gasteiger partial charge >= 0.3 is 0 Å². The summed E-state index contributed by atoms with van der Waals surface area (Å²) in [5, 5.41) is 6.90. The Balaban J connectivity index is 2.23. The Hall–Kier alpha value is -1.37. The first kappa shape index (κ1) is 16.0. The van der Waals surface area contributed by atoms with Crippen molar-refractivity contribution in [3.63, 3.8) is 0 Å². The zero-order valence-electron chi connectivity index (χ0n) is 11.8. The third-order valence-corrected chi connectivity index (χ3v) is 3.87. The van der Waals surface area contributed by atoms with E-state index in [2.05, 4.69) is 36.5 Å². The van der Waals surface area contributed by atoms with Crippen LogP contribution in [0.1, 0.15) is 12.7 Å². The summed E-state index contributed by atoms with van der Waals surface area (Å²) in [5.41, 5.74) is 0.884. The highest BCUT2D eigenvalue weighted by molar-refractivity contribution is 9.10. The van der Waals surface area contributed by atoms with Gasteiger partial charge in [0, 0.05) is 29.9 Å². The highest BCUT2D eigenvalue weighted by Gasteiger charge is 2.06. The number of nitrogens with zero attached hydrogens (tertiary/aromatic N) is 2. The van der Waals surface area contributed by atoms with E-state index < -0.39 is 0 Å². The summed E-state index contributed by atoms with van der Waals surface area (Å²) < 4.78 is 6.18. The number of hydrogen-bond acceptors (Lipinski definition) is 5. The van der Waals surface area contributed by atoms with Gasteiger partial charge in [-0.25, -0.2) is 9.97 Å². The monoisotopic (exact) mass is 370 g/mol. The van der Waals surface area contributed by atoms with Crippen molar-refractivity contribution in [3.05, 3.63) is 39.6 Å². The molecule has 0 saturated heterocycles. The molecular formula is C14H16BrClN4O. The maximum Gasteiger partial charge on any atom is 0.158 e. The van der Waals surface area contributed by atoms with E-state index in [-0.39, 0.29) is 0 Å². The van der Waals surface area contributed by atoms with Crippen molar-refractivity contribution in [2.45, 2.75) is 13.5 Å². The van der Waals surface area contributed by atoms with Crippen molar-refractivity contribution in [2.75, 3.05) is 24.3 Å². The number of ether oxygens (including phenoxy) is 1. The van der Waals surface area contributed by atoms with Crippen molar-refractivity contribution in [3.8, 4) is 0 Å². The molecule has 5 nitrogen and oxygen atoms in total. The molecule has 2 N–H and O–H groups in total. The number of rotatable bonds is 6. The van der Waals surface area contributed by atoms with Crippen LogP contribution in [0.25, 0.3) is 0 Å². The van der Waals surface area contributed by atoms with Gasteiger partial charge in [-0.2, -0.15) is 0 Å². The van der Waals surface area contributed by atoms with Crippen LogP contribution in [-0.4, -0.2) is 23.6 Å².